The van der Waals surface area contributed by atoms with Crippen LogP contribution in [0, 0.1) is 6.92 Å². The van der Waals surface area contributed by atoms with Gasteiger partial charge in [-0.15, -0.1) is 0 Å². The van der Waals surface area contributed by atoms with Crippen molar-refractivity contribution in [2.45, 2.75) is 33.3 Å². The monoisotopic (exact) mass is 547 g/mol. The van der Waals surface area contributed by atoms with Gasteiger partial charge in [0.2, 0.25) is 0 Å². The molecule has 5 aromatic rings. The number of hydrogen-bond acceptors (Lipinski definition) is 5. The maximum atomic E-state index is 13.2. The number of imidazole rings is 1. The zero-order valence-corrected chi connectivity index (χ0v) is 23.6. The van der Waals surface area contributed by atoms with Crippen LogP contribution < -0.4 is 5.56 Å². The molecule has 0 radical (unpaired) electrons. The van der Waals surface area contributed by atoms with Crippen LogP contribution in [0.2, 0.25) is 24.7 Å². The number of aromatic nitrogens is 5. The van der Waals surface area contributed by atoms with E-state index in [0.717, 1.165) is 33.7 Å². The quantitative estimate of drug-likeness (QED) is 0.180. The Morgan fingerprint density at radius 2 is 1.68 bits per heavy atom. The van der Waals surface area contributed by atoms with E-state index in [1.54, 1.807) is 36.7 Å². The van der Waals surface area contributed by atoms with E-state index in [-0.39, 0.29) is 5.56 Å². The Morgan fingerprint density at radius 1 is 0.974 bits per heavy atom. The van der Waals surface area contributed by atoms with Crippen molar-refractivity contribution in [3.63, 3.8) is 0 Å². The number of aromatic amines is 1. The lowest BCUT2D eigenvalue weighted by atomic mass is 10.0. The zero-order valence-electron chi connectivity index (χ0n) is 21.9. The molecule has 0 atom stereocenters. The van der Waals surface area contributed by atoms with Crippen molar-refractivity contribution in [3.8, 4) is 28.2 Å². The summed E-state index contributed by atoms with van der Waals surface area (Å²) in [5.74, 6) is 0.818. The summed E-state index contributed by atoms with van der Waals surface area (Å²) >= 11 is 6.03. The number of hydrogen-bond donors (Lipinski definition) is 1. The number of rotatable bonds is 9. The van der Waals surface area contributed by atoms with Gasteiger partial charge in [-0.25, -0.2) is 9.67 Å². The fourth-order valence-electron chi connectivity index (χ4n) is 4.32. The molecule has 0 unspecified atom stereocenters. The number of halogens is 1. The minimum atomic E-state index is -1.54. The number of aryl methyl sites for hydroxylation is 1. The standard InChI is InChI=1S/C28H30ClN5O3Si/c1-19-25(26-24(17-31-19)28(35)34(32-26)23-11-9-22(29)10-12-23)20-5-7-21(8-6-20)27-30-13-14-33(27)18-36-15-16-37-38(2,3)4/h5-14,17,32H,15-16,18H2,1-4H3. The van der Waals surface area contributed by atoms with Crippen molar-refractivity contribution in [2.75, 3.05) is 13.2 Å². The van der Waals surface area contributed by atoms with Crippen LogP contribution in [0.4, 0.5) is 0 Å². The number of fused-ring (bicyclic) bond motifs is 1. The Bertz CT molecular complexity index is 1620. The van der Waals surface area contributed by atoms with Gasteiger partial charge in [0.25, 0.3) is 5.56 Å². The van der Waals surface area contributed by atoms with Crippen LogP contribution in [0.5, 0.6) is 0 Å². The third kappa shape index (κ3) is 5.51. The van der Waals surface area contributed by atoms with Gasteiger partial charge in [0.15, 0.2) is 8.32 Å². The highest BCUT2D eigenvalue weighted by Crippen LogP contribution is 2.30. The molecule has 0 aliphatic heterocycles. The molecule has 10 heteroatoms. The molecule has 38 heavy (non-hydrogen) atoms. The van der Waals surface area contributed by atoms with Gasteiger partial charge < -0.3 is 13.7 Å². The Hall–Kier alpha value is -3.50. The molecule has 0 saturated heterocycles. The molecule has 3 heterocycles. The van der Waals surface area contributed by atoms with E-state index in [1.807, 2.05) is 42.0 Å². The first-order valence-electron chi connectivity index (χ1n) is 12.4. The van der Waals surface area contributed by atoms with E-state index in [2.05, 4.69) is 34.7 Å². The predicted octanol–water partition coefficient (Wildman–Crippen LogP) is 6.03. The van der Waals surface area contributed by atoms with Gasteiger partial charge in [-0.3, -0.25) is 14.9 Å². The molecular formula is C28H30ClN5O3Si. The Labute approximate surface area is 227 Å². The normalized spacial score (nSPS) is 11.9. The van der Waals surface area contributed by atoms with Crippen molar-refractivity contribution >= 4 is 30.8 Å². The summed E-state index contributed by atoms with van der Waals surface area (Å²) in [6, 6.07) is 15.2. The number of ether oxygens (including phenoxy) is 1. The molecule has 0 fully saturated rings. The smallest absolute Gasteiger partial charge is 0.280 e. The maximum Gasteiger partial charge on any atom is 0.280 e. The minimum Gasteiger partial charge on any atom is -0.415 e. The molecule has 8 nitrogen and oxygen atoms in total. The first kappa shape index (κ1) is 26.1. The van der Waals surface area contributed by atoms with Crippen molar-refractivity contribution < 1.29 is 9.16 Å². The maximum absolute atomic E-state index is 13.2. The third-order valence-electron chi connectivity index (χ3n) is 6.15. The van der Waals surface area contributed by atoms with Crippen LogP contribution in [0.1, 0.15) is 5.69 Å². The summed E-state index contributed by atoms with van der Waals surface area (Å²) < 4.78 is 15.2. The van der Waals surface area contributed by atoms with Gasteiger partial charge in [0.05, 0.1) is 29.8 Å². The summed E-state index contributed by atoms with van der Waals surface area (Å²) in [5.41, 5.74) is 4.90. The molecule has 0 aliphatic rings. The lowest BCUT2D eigenvalue weighted by Crippen LogP contribution is -2.27. The second-order valence-corrected chi connectivity index (χ2v) is 15.0. The molecule has 5 rings (SSSR count). The second-order valence-electron chi connectivity index (χ2n) is 10.0. The lowest BCUT2D eigenvalue weighted by Gasteiger charge is -2.17. The topological polar surface area (TPSA) is 87.0 Å². The van der Waals surface area contributed by atoms with Gasteiger partial charge >= 0.3 is 0 Å². The molecule has 0 amide bonds. The third-order valence-corrected chi connectivity index (χ3v) is 7.47. The van der Waals surface area contributed by atoms with Gasteiger partial charge in [-0.2, -0.15) is 0 Å². The SMILES string of the molecule is Cc1ncc2c(=O)n(-c3ccc(Cl)cc3)[nH]c2c1-c1ccc(-c2nccn2COCCO[Si](C)(C)C)cc1. The molecule has 0 bridgehead atoms. The fraction of sp³-hybridized carbons (Fsp3) is 0.250. The van der Waals surface area contributed by atoms with Crippen LogP contribution >= 0.6 is 11.6 Å². The molecule has 196 valence electrons. The number of pyridine rings is 1. The Kier molecular flexibility index (Phi) is 7.35. The largest absolute Gasteiger partial charge is 0.415 e. The van der Waals surface area contributed by atoms with Crippen LogP contribution in [-0.4, -0.2) is 45.8 Å². The lowest BCUT2D eigenvalue weighted by molar-refractivity contribution is 0.0531. The Morgan fingerprint density at radius 3 is 2.39 bits per heavy atom. The number of nitrogens with zero attached hydrogens (tertiary/aromatic N) is 4. The van der Waals surface area contributed by atoms with E-state index in [4.69, 9.17) is 20.8 Å². The van der Waals surface area contributed by atoms with E-state index in [0.29, 0.717) is 36.0 Å². The molecular weight excluding hydrogens is 518 g/mol. The van der Waals surface area contributed by atoms with Crippen LogP contribution in [0.15, 0.2) is 71.9 Å². The van der Waals surface area contributed by atoms with E-state index < -0.39 is 8.32 Å². The summed E-state index contributed by atoms with van der Waals surface area (Å²) in [7, 11) is -1.54. The molecule has 0 saturated carbocycles. The number of nitrogens with one attached hydrogen (secondary N) is 1. The van der Waals surface area contributed by atoms with Crippen molar-refractivity contribution in [2.24, 2.45) is 0 Å². The Balaban J connectivity index is 1.40. The first-order valence-corrected chi connectivity index (χ1v) is 16.2. The molecule has 0 spiro atoms. The minimum absolute atomic E-state index is 0.162. The van der Waals surface area contributed by atoms with E-state index in [1.165, 1.54) is 4.68 Å². The number of benzene rings is 2. The fourth-order valence-corrected chi connectivity index (χ4v) is 5.14. The van der Waals surface area contributed by atoms with Gasteiger partial charge in [-0.1, -0.05) is 35.9 Å². The molecule has 1 N–H and O–H groups in total. The highest BCUT2D eigenvalue weighted by Gasteiger charge is 2.17. The summed E-state index contributed by atoms with van der Waals surface area (Å²) in [6.45, 7) is 9.95. The van der Waals surface area contributed by atoms with Crippen molar-refractivity contribution in [1.82, 2.24) is 24.3 Å². The molecule has 0 aliphatic carbocycles. The van der Waals surface area contributed by atoms with Gasteiger partial charge in [0.1, 0.15) is 12.6 Å². The second kappa shape index (κ2) is 10.7. The molecule has 3 aromatic heterocycles. The van der Waals surface area contributed by atoms with E-state index in [9.17, 15) is 4.79 Å². The summed E-state index contributed by atoms with van der Waals surface area (Å²) in [5, 5.41) is 4.42. The predicted molar refractivity (Wildman–Crippen MR) is 153 cm³/mol. The highest BCUT2D eigenvalue weighted by atomic mass is 35.5. The zero-order chi connectivity index (χ0) is 26.9. The average molecular weight is 548 g/mol. The summed E-state index contributed by atoms with van der Waals surface area (Å²) in [4.78, 5) is 22.2. The van der Waals surface area contributed by atoms with Crippen LogP contribution in [0.25, 0.3) is 39.1 Å². The van der Waals surface area contributed by atoms with Crippen LogP contribution in [0.3, 0.4) is 0 Å². The molecule has 2 aromatic carbocycles. The van der Waals surface area contributed by atoms with Gasteiger partial charge in [-0.05, 0) is 56.4 Å². The number of H-pyrrole nitrogens is 1. The van der Waals surface area contributed by atoms with Crippen molar-refractivity contribution in [3.05, 3.63) is 88.2 Å². The summed E-state index contributed by atoms with van der Waals surface area (Å²) in [6.07, 6.45) is 5.30. The van der Waals surface area contributed by atoms with E-state index >= 15 is 0 Å². The van der Waals surface area contributed by atoms with Crippen LogP contribution in [-0.2, 0) is 15.9 Å². The first-order chi connectivity index (χ1) is 18.2. The van der Waals surface area contributed by atoms with Crippen molar-refractivity contribution in [1.29, 1.82) is 0 Å². The average Bonchev–Trinajstić information content (AvgIpc) is 3.48. The van der Waals surface area contributed by atoms with Gasteiger partial charge in [0, 0.05) is 40.4 Å². The highest BCUT2D eigenvalue weighted by molar-refractivity contribution is 6.69.